The van der Waals surface area contributed by atoms with Crippen LogP contribution in [0.3, 0.4) is 0 Å². The highest BCUT2D eigenvalue weighted by molar-refractivity contribution is 5.05. The molecule has 2 fully saturated rings. The van der Waals surface area contributed by atoms with Gasteiger partial charge in [0, 0.05) is 69.7 Å². The maximum atomic E-state index is 4.53. The van der Waals surface area contributed by atoms with Crippen molar-refractivity contribution in [2.75, 3.05) is 39.3 Å². The quantitative estimate of drug-likeness (QED) is 0.818. The van der Waals surface area contributed by atoms with Crippen LogP contribution in [0.15, 0.2) is 12.4 Å². The zero-order valence-corrected chi connectivity index (χ0v) is 16.9. The van der Waals surface area contributed by atoms with Gasteiger partial charge in [-0.2, -0.15) is 5.10 Å². The summed E-state index contributed by atoms with van der Waals surface area (Å²) in [4.78, 5) is 7.92. The molecule has 5 nitrogen and oxygen atoms in total. The molecule has 2 saturated heterocycles. The molecule has 0 saturated carbocycles. The van der Waals surface area contributed by atoms with Crippen LogP contribution in [0.5, 0.6) is 0 Å². The molecule has 25 heavy (non-hydrogen) atoms. The fraction of sp³-hybridized carbons (Fsp3) is 0.850. The summed E-state index contributed by atoms with van der Waals surface area (Å²) in [5.41, 5.74) is 1.41. The van der Waals surface area contributed by atoms with E-state index < -0.39 is 0 Å². The van der Waals surface area contributed by atoms with Gasteiger partial charge in [-0.05, 0) is 47.5 Å². The fourth-order valence-electron chi connectivity index (χ4n) is 4.18. The molecule has 3 heterocycles. The monoisotopic (exact) mass is 347 g/mol. The molecular weight excluding hydrogens is 310 g/mol. The van der Waals surface area contributed by atoms with E-state index in [1.54, 1.807) is 0 Å². The van der Waals surface area contributed by atoms with E-state index in [0.29, 0.717) is 0 Å². The number of hydrogen-bond donors (Lipinski definition) is 0. The molecular formula is C20H37N5. The van der Waals surface area contributed by atoms with Crippen molar-refractivity contribution in [1.29, 1.82) is 0 Å². The largest absolute Gasteiger partial charge is 0.300 e. The molecule has 0 aliphatic carbocycles. The maximum absolute atomic E-state index is 4.53. The zero-order chi connectivity index (χ0) is 18.0. The lowest BCUT2D eigenvalue weighted by atomic mass is 10.1. The van der Waals surface area contributed by atoms with Crippen LogP contribution >= 0.6 is 0 Å². The number of rotatable bonds is 5. The van der Waals surface area contributed by atoms with Gasteiger partial charge in [0.1, 0.15) is 0 Å². The number of nitrogens with zero attached hydrogens (tertiary/aromatic N) is 5. The van der Waals surface area contributed by atoms with Gasteiger partial charge in [-0.25, -0.2) is 0 Å². The van der Waals surface area contributed by atoms with Gasteiger partial charge in [-0.1, -0.05) is 0 Å². The van der Waals surface area contributed by atoms with Crippen molar-refractivity contribution in [3.63, 3.8) is 0 Å². The molecule has 0 aromatic carbocycles. The molecule has 5 heteroatoms. The van der Waals surface area contributed by atoms with Gasteiger partial charge in [0.05, 0.1) is 11.7 Å². The first kappa shape index (κ1) is 18.9. The highest BCUT2D eigenvalue weighted by atomic mass is 15.3. The first-order valence-electron chi connectivity index (χ1n) is 10.1. The lowest BCUT2D eigenvalue weighted by molar-refractivity contribution is 0.106. The highest BCUT2D eigenvalue weighted by Crippen LogP contribution is 2.23. The molecule has 3 rings (SSSR count). The predicted molar refractivity (Wildman–Crippen MR) is 104 cm³/mol. The minimum Gasteiger partial charge on any atom is -0.300 e. The summed E-state index contributed by atoms with van der Waals surface area (Å²) < 4.78 is 2.08. The van der Waals surface area contributed by atoms with Gasteiger partial charge in [0.2, 0.25) is 0 Å². The summed E-state index contributed by atoms with van der Waals surface area (Å²) in [5, 5.41) is 4.53. The van der Waals surface area contributed by atoms with E-state index in [-0.39, 0.29) is 5.54 Å². The van der Waals surface area contributed by atoms with Gasteiger partial charge in [0.15, 0.2) is 0 Å². The smallest absolute Gasteiger partial charge is 0.0543 e. The van der Waals surface area contributed by atoms with Crippen molar-refractivity contribution >= 4 is 0 Å². The molecule has 142 valence electrons. The van der Waals surface area contributed by atoms with Crippen LogP contribution in [0.2, 0.25) is 0 Å². The van der Waals surface area contributed by atoms with Gasteiger partial charge in [-0.3, -0.25) is 19.4 Å². The third kappa shape index (κ3) is 4.83. The Morgan fingerprint density at radius 2 is 1.56 bits per heavy atom. The summed E-state index contributed by atoms with van der Waals surface area (Å²) in [6.07, 6.45) is 6.99. The lowest BCUT2D eigenvalue weighted by Gasteiger charge is -2.36. The second-order valence-electron chi connectivity index (χ2n) is 9.09. The standard InChI is InChI=1S/C20H37N5/c1-17-6-7-18(2)24(17)13-12-22-8-10-23(11-9-22)15-19-14-21-25(16-19)20(3,4)5/h14,16-18H,6-13,15H2,1-5H3/t17-,18+. The van der Waals surface area contributed by atoms with Gasteiger partial charge < -0.3 is 0 Å². The summed E-state index contributed by atoms with van der Waals surface area (Å²) in [7, 11) is 0. The Morgan fingerprint density at radius 1 is 0.960 bits per heavy atom. The van der Waals surface area contributed by atoms with Crippen molar-refractivity contribution in [2.24, 2.45) is 0 Å². The zero-order valence-electron chi connectivity index (χ0n) is 16.9. The molecule has 0 amide bonds. The van der Waals surface area contributed by atoms with Gasteiger partial charge in [0.25, 0.3) is 0 Å². The number of aromatic nitrogens is 2. The molecule has 0 N–H and O–H groups in total. The second kappa shape index (κ2) is 7.77. The number of piperazine rings is 1. The Kier molecular flexibility index (Phi) is 5.86. The van der Waals surface area contributed by atoms with E-state index in [9.17, 15) is 0 Å². The number of likely N-dealkylation sites (tertiary alicyclic amines) is 1. The van der Waals surface area contributed by atoms with Crippen molar-refractivity contribution < 1.29 is 0 Å². The van der Waals surface area contributed by atoms with Crippen LogP contribution in [-0.4, -0.2) is 75.8 Å². The van der Waals surface area contributed by atoms with E-state index in [1.807, 2.05) is 6.20 Å². The van der Waals surface area contributed by atoms with E-state index >= 15 is 0 Å². The van der Waals surface area contributed by atoms with Crippen molar-refractivity contribution in [3.05, 3.63) is 18.0 Å². The lowest BCUT2D eigenvalue weighted by Crippen LogP contribution is -2.48. The summed E-state index contributed by atoms with van der Waals surface area (Å²) in [6, 6.07) is 1.55. The van der Waals surface area contributed by atoms with E-state index in [1.165, 1.54) is 57.7 Å². The number of hydrogen-bond acceptors (Lipinski definition) is 4. The minimum absolute atomic E-state index is 0.0702. The Hall–Kier alpha value is -0.910. The van der Waals surface area contributed by atoms with E-state index in [0.717, 1.165) is 18.6 Å². The van der Waals surface area contributed by atoms with Crippen molar-refractivity contribution in [1.82, 2.24) is 24.5 Å². The SMILES string of the molecule is C[C@@H]1CC[C@H](C)N1CCN1CCN(Cc2cnn(C(C)(C)C)c2)CC1. The molecule has 0 bridgehead atoms. The van der Waals surface area contributed by atoms with E-state index in [4.69, 9.17) is 0 Å². The topological polar surface area (TPSA) is 27.5 Å². The van der Waals surface area contributed by atoms with Gasteiger partial charge in [-0.15, -0.1) is 0 Å². The Morgan fingerprint density at radius 3 is 2.12 bits per heavy atom. The fourth-order valence-corrected chi connectivity index (χ4v) is 4.18. The molecule has 0 spiro atoms. The second-order valence-corrected chi connectivity index (χ2v) is 9.09. The van der Waals surface area contributed by atoms with Crippen LogP contribution in [0, 0.1) is 0 Å². The maximum Gasteiger partial charge on any atom is 0.0543 e. The van der Waals surface area contributed by atoms with Crippen molar-refractivity contribution in [2.45, 2.75) is 71.6 Å². The molecule has 0 radical (unpaired) electrons. The Balaban J connectivity index is 1.41. The van der Waals surface area contributed by atoms with Crippen LogP contribution in [0.4, 0.5) is 0 Å². The first-order valence-corrected chi connectivity index (χ1v) is 10.1. The molecule has 2 aliphatic rings. The molecule has 1 aromatic heterocycles. The highest BCUT2D eigenvalue weighted by Gasteiger charge is 2.27. The third-order valence-electron chi connectivity index (χ3n) is 6.00. The van der Waals surface area contributed by atoms with Crippen LogP contribution in [0.25, 0.3) is 0 Å². The third-order valence-corrected chi connectivity index (χ3v) is 6.00. The molecule has 0 unspecified atom stereocenters. The Bertz CT molecular complexity index is 529. The average molecular weight is 348 g/mol. The molecule has 2 aliphatic heterocycles. The van der Waals surface area contributed by atoms with Crippen LogP contribution in [0.1, 0.15) is 53.0 Å². The average Bonchev–Trinajstić information content (AvgIpc) is 3.14. The van der Waals surface area contributed by atoms with E-state index in [2.05, 4.69) is 65.3 Å². The molecule has 2 atom stereocenters. The Labute approximate surface area is 154 Å². The summed E-state index contributed by atoms with van der Waals surface area (Å²) in [5.74, 6) is 0. The normalized spacial score (nSPS) is 27.2. The predicted octanol–water partition coefficient (Wildman–Crippen LogP) is 2.63. The van der Waals surface area contributed by atoms with Crippen LogP contribution < -0.4 is 0 Å². The van der Waals surface area contributed by atoms with Crippen molar-refractivity contribution in [3.8, 4) is 0 Å². The van der Waals surface area contributed by atoms with Crippen LogP contribution in [-0.2, 0) is 12.1 Å². The summed E-state index contributed by atoms with van der Waals surface area (Å²) in [6.45, 7) is 19.6. The minimum atomic E-state index is 0.0702. The first-order chi connectivity index (χ1) is 11.8. The van der Waals surface area contributed by atoms with Gasteiger partial charge >= 0.3 is 0 Å². The summed E-state index contributed by atoms with van der Waals surface area (Å²) >= 11 is 0. The molecule has 1 aromatic rings.